The molecule has 0 unspecified atom stereocenters. The second-order valence-corrected chi connectivity index (χ2v) is 15.7. The Kier molecular flexibility index (Phi) is 27.6. The van der Waals surface area contributed by atoms with Crippen LogP contribution in [0.15, 0.2) is 12.1 Å². The Morgan fingerprint density at radius 1 is 0.426 bits per heavy atom. The molecule has 1 heterocycles. The van der Waals surface area contributed by atoms with Crippen LogP contribution in [0.5, 0.6) is 0 Å². The molecule has 54 heavy (non-hydrogen) atoms. The van der Waals surface area contributed by atoms with Gasteiger partial charge in [0.25, 0.3) is 11.8 Å². The van der Waals surface area contributed by atoms with Crippen LogP contribution in [0.25, 0.3) is 0 Å². The minimum Gasteiger partial charge on any atom is -0.462 e. The lowest BCUT2D eigenvalue weighted by molar-refractivity contribution is -0.0327. The van der Waals surface area contributed by atoms with E-state index in [1.807, 2.05) is 0 Å². The summed E-state index contributed by atoms with van der Waals surface area (Å²) in [6.45, 7) is 4.91. The molecule has 8 heteroatoms. The number of hydrogen-bond acceptors (Lipinski definition) is 7. The first kappa shape index (κ1) is 47.4. The minimum absolute atomic E-state index is 0.00184. The van der Waals surface area contributed by atoms with Crippen LogP contribution in [0, 0.1) is 0 Å². The number of imide groups is 1. The third kappa shape index (κ3) is 20.3. The predicted octanol–water partition coefficient (Wildman–Crippen LogP) is 13.5. The Morgan fingerprint density at radius 3 is 0.889 bits per heavy atom. The highest BCUT2D eigenvalue weighted by molar-refractivity contribution is 6.22. The van der Waals surface area contributed by atoms with Gasteiger partial charge in [0, 0.05) is 0 Å². The van der Waals surface area contributed by atoms with Gasteiger partial charge in [-0.1, -0.05) is 206 Å². The van der Waals surface area contributed by atoms with Gasteiger partial charge < -0.3 is 9.47 Å². The summed E-state index contributed by atoms with van der Waals surface area (Å²) in [5.74, 6) is -3.36. The molecular formula is C46H77NO7. The van der Waals surface area contributed by atoms with Crippen molar-refractivity contribution in [2.45, 2.75) is 219 Å². The number of hydrogen-bond donors (Lipinski definition) is 1. The van der Waals surface area contributed by atoms with Crippen LogP contribution in [0.3, 0.4) is 0 Å². The first-order valence-corrected chi connectivity index (χ1v) is 22.5. The van der Waals surface area contributed by atoms with Crippen LogP contribution >= 0.6 is 0 Å². The largest absolute Gasteiger partial charge is 0.462 e. The molecule has 1 aromatic rings. The van der Waals surface area contributed by atoms with E-state index in [1.54, 1.807) is 0 Å². The van der Waals surface area contributed by atoms with Gasteiger partial charge in [0.2, 0.25) is 0 Å². The normalized spacial score (nSPS) is 12.5. The molecule has 0 spiro atoms. The third-order valence-electron chi connectivity index (χ3n) is 10.9. The highest BCUT2D eigenvalue weighted by Gasteiger charge is 2.38. The fourth-order valence-electron chi connectivity index (χ4n) is 7.40. The zero-order valence-electron chi connectivity index (χ0n) is 34.5. The fraction of sp³-hybridized carbons (Fsp3) is 0.783. The van der Waals surface area contributed by atoms with E-state index in [1.165, 1.54) is 179 Å². The summed E-state index contributed by atoms with van der Waals surface area (Å²) in [5.41, 5.74) is -0.519. The summed E-state index contributed by atoms with van der Waals surface area (Å²) in [6, 6.07) is 2.35. The van der Waals surface area contributed by atoms with Crippen molar-refractivity contribution in [3.05, 3.63) is 34.4 Å². The van der Waals surface area contributed by atoms with E-state index in [9.17, 15) is 24.4 Å². The van der Waals surface area contributed by atoms with E-state index in [0.717, 1.165) is 25.7 Å². The van der Waals surface area contributed by atoms with Crippen LogP contribution in [-0.4, -0.2) is 47.2 Å². The molecule has 1 aromatic carbocycles. The maximum atomic E-state index is 13.1. The lowest BCUT2D eigenvalue weighted by Gasteiger charge is -2.11. The van der Waals surface area contributed by atoms with Crippen LogP contribution in [-0.2, 0) is 9.47 Å². The standard InChI is InChI=1S/C46H77NO7/c1-3-5-7-9-11-13-15-17-19-21-23-25-27-29-31-33-35-53-45(50)41-37-39-40(44(49)47(52)43(39)48)38-42(41)46(51)54-36-34-32-30-28-26-24-22-20-18-16-14-12-10-8-6-4-2/h37-38,52H,3-36H2,1-2H3. The average Bonchev–Trinajstić information content (AvgIpc) is 3.39. The summed E-state index contributed by atoms with van der Waals surface area (Å²) < 4.78 is 11.0. The third-order valence-corrected chi connectivity index (χ3v) is 10.9. The number of nitrogens with zero attached hydrogens (tertiary/aromatic N) is 1. The Morgan fingerprint density at radius 2 is 0.648 bits per heavy atom. The maximum Gasteiger partial charge on any atom is 0.339 e. The van der Waals surface area contributed by atoms with Crippen molar-refractivity contribution in [3.63, 3.8) is 0 Å². The molecule has 0 atom stereocenters. The number of carbonyl (C=O) groups is 4. The molecule has 0 saturated heterocycles. The van der Waals surface area contributed by atoms with Crippen LogP contribution in [0.1, 0.15) is 261 Å². The van der Waals surface area contributed by atoms with E-state index in [-0.39, 0.29) is 40.5 Å². The Bertz CT molecular complexity index is 1090. The summed E-state index contributed by atoms with van der Waals surface area (Å²) >= 11 is 0. The molecule has 0 aromatic heterocycles. The number of unbranched alkanes of at least 4 members (excludes halogenated alkanes) is 30. The van der Waals surface area contributed by atoms with Crippen molar-refractivity contribution in [3.8, 4) is 0 Å². The molecule has 0 radical (unpaired) electrons. The topological polar surface area (TPSA) is 110 Å². The maximum absolute atomic E-state index is 13.1. The number of benzene rings is 1. The van der Waals surface area contributed by atoms with Gasteiger partial charge in [-0.25, -0.2) is 9.59 Å². The van der Waals surface area contributed by atoms with Gasteiger partial charge >= 0.3 is 11.9 Å². The first-order valence-electron chi connectivity index (χ1n) is 22.5. The number of ether oxygens (including phenoxy) is 2. The monoisotopic (exact) mass is 756 g/mol. The molecule has 2 amide bonds. The van der Waals surface area contributed by atoms with Gasteiger partial charge in [0.05, 0.1) is 35.5 Å². The predicted molar refractivity (Wildman–Crippen MR) is 218 cm³/mol. The highest BCUT2D eigenvalue weighted by atomic mass is 16.5. The molecule has 0 aliphatic carbocycles. The average molecular weight is 756 g/mol. The molecule has 0 saturated carbocycles. The van der Waals surface area contributed by atoms with Gasteiger partial charge in [-0.15, -0.1) is 5.06 Å². The molecule has 0 fully saturated rings. The van der Waals surface area contributed by atoms with Crippen molar-refractivity contribution in [1.29, 1.82) is 0 Å². The molecule has 2 rings (SSSR count). The second-order valence-electron chi connectivity index (χ2n) is 15.7. The SMILES string of the molecule is CCCCCCCCCCCCCCCCCCOC(=O)c1cc2c(cc1C(=O)OCCCCCCCCCCCCCCCCCC)C(=O)N(O)C2=O. The molecular weight excluding hydrogens is 679 g/mol. The number of amides is 2. The minimum atomic E-state index is -0.935. The van der Waals surface area contributed by atoms with E-state index in [4.69, 9.17) is 9.47 Å². The quantitative estimate of drug-likeness (QED) is 0.0314. The Balaban J connectivity index is 1.62. The number of esters is 2. The van der Waals surface area contributed by atoms with Crippen molar-refractivity contribution < 1.29 is 33.9 Å². The molecule has 1 N–H and O–H groups in total. The number of carbonyl (C=O) groups excluding carboxylic acids is 4. The van der Waals surface area contributed by atoms with E-state index in [2.05, 4.69) is 13.8 Å². The highest BCUT2D eigenvalue weighted by Crippen LogP contribution is 2.27. The lowest BCUT2D eigenvalue weighted by atomic mass is 9.99. The summed E-state index contributed by atoms with van der Waals surface area (Å²) in [5, 5.41) is 9.88. The molecule has 1 aliphatic rings. The second kappa shape index (κ2) is 31.5. The van der Waals surface area contributed by atoms with Crippen LogP contribution in [0.2, 0.25) is 0 Å². The van der Waals surface area contributed by atoms with Gasteiger partial charge in [-0.05, 0) is 25.0 Å². The van der Waals surface area contributed by atoms with Gasteiger partial charge in [0.1, 0.15) is 0 Å². The van der Waals surface area contributed by atoms with Gasteiger partial charge in [-0.2, -0.15) is 0 Å². The van der Waals surface area contributed by atoms with Crippen molar-refractivity contribution in [2.75, 3.05) is 13.2 Å². The smallest absolute Gasteiger partial charge is 0.339 e. The van der Waals surface area contributed by atoms with Gasteiger partial charge in [-0.3, -0.25) is 14.8 Å². The van der Waals surface area contributed by atoms with Crippen molar-refractivity contribution >= 4 is 23.8 Å². The Hall–Kier alpha value is -2.74. The van der Waals surface area contributed by atoms with Gasteiger partial charge in [0.15, 0.2) is 0 Å². The zero-order chi connectivity index (χ0) is 39.1. The first-order chi connectivity index (χ1) is 26.4. The molecule has 0 bridgehead atoms. The summed E-state index contributed by atoms with van der Waals surface area (Å²) in [7, 11) is 0. The molecule has 8 nitrogen and oxygen atoms in total. The van der Waals surface area contributed by atoms with Crippen LogP contribution in [0.4, 0.5) is 0 Å². The number of rotatable bonds is 36. The lowest BCUT2D eigenvalue weighted by Crippen LogP contribution is -2.25. The van der Waals surface area contributed by atoms with Crippen LogP contribution < -0.4 is 0 Å². The number of fused-ring (bicyclic) bond motifs is 1. The molecule has 308 valence electrons. The fourth-order valence-corrected chi connectivity index (χ4v) is 7.40. The van der Waals surface area contributed by atoms with Crippen molar-refractivity contribution in [2.24, 2.45) is 0 Å². The zero-order valence-corrected chi connectivity index (χ0v) is 34.5. The molecule has 1 aliphatic heterocycles. The Labute approximate surface area is 328 Å². The van der Waals surface area contributed by atoms with E-state index >= 15 is 0 Å². The number of hydroxylamine groups is 2. The summed E-state index contributed by atoms with van der Waals surface area (Å²) in [4.78, 5) is 51.1. The van der Waals surface area contributed by atoms with E-state index < -0.39 is 23.8 Å². The summed E-state index contributed by atoms with van der Waals surface area (Å²) in [6.07, 6.45) is 40.0. The van der Waals surface area contributed by atoms with E-state index in [0.29, 0.717) is 12.8 Å². The van der Waals surface area contributed by atoms with Crippen molar-refractivity contribution in [1.82, 2.24) is 5.06 Å².